The molecule has 0 bridgehead atoms. The number of methoxy groups -OCH3 is 1. The van der Waals surface area contributed by atoms with Crippen LogP contribution in [0.4, 0.5) is 18.9 Å². The normalized spacial score (nSPS) is 36.5. The Morgan fingerprint density at radius 3 is 2.51 bits per heavy atom. The first-order valence-electron chi connectivity index (χ1n) is 12.8. The Morgan fingerprint density at radius 2 is 1.80 bits per heavy atom. The Balaban J connectivity index is 1.36. The van der Waals surface area contributed by atoms with E-state index in [2.05, 4.69) is 19.2 Å². The molecule has 6 atom stereocenters. The third-order valence-corrected chi connectivity index (χ3v) is 10.0. The number of nitrogens with one attached hydrogen (secondary N) is 1. The van der Waals surface area contributed by atoms with Crippen molar-refractivity contribution < 1.29 is 27.5 Å². The van der Waals surface area contributed by atoms with E-state index in [0.717, 1.165) is 57.1 Å². The van der Waals surface area contributed by atoms with Gasteiger partial charge in [-0.3, -0.25) is 9.59 Å². The third-order valence-electron chi connectivity index (χ3n) is 10.0. The van der Waals surface area contributed by atoms with Gasteiger partial charge >= 0.3 is 6.18 Å². The van der Waals surface area contributed by atoms with E-state index >= 15 is 0 Å². The Morgan fingerprint density at radius 1 is 1.03 bits per heavy atom. The van der Waals surface area contributed by atoms with Crippen molar-refractivity contribution in [2.24, 2.45) is 34.5 Å². The number of carbonyl (C=O) groups excluding carboxylic acids is 2. The highest BCUT2D eigenvalue weighted by atomic mass is 19.4. The Kier molecular flexibility index (Phi) is 5.84. The maximum absolute atomic E-state index is 13.4. The second-order valence-corrected chi connectivity index (χ2v) is 11.6. The molecule has 0 heterocycles. The van der Waals surface area contributed by atoms with Crippen LogP contribution in [0.5, 0.6) is 5.75 Å². The van der Waals surface area contributed by atoms with Crippen molar-refractivity contribution in [3.8, 4) is 5.75 Å². The van der Waals surface area contributed by atoms with Crippen LogP contribution in [0, 0.1) is 34.5 Å². The largest absolute Gasteiger partial charge is 0.497 e. The molecule has 5 rings (SSSR count). The topological polar surface area (TPSA) is 55.4 Å². The standard InChI is InChI=1S/C28H34F3NO3/c1-26-10-8-19(33)13-16(26)4-5-21-22-6-7-24(27(22,2)11-9-23(21)26)25(34)32-18-12-17(28(29,30)31)14-20(15-18)35-3/h12-15,21-24H,4-11H2,1-3H3,(H,32,34)/t21?,22?,23?,24-,26+,27+/m1/s1. The highest BCUT2D eigenvalue weighted by Crippen LogP contribution is 2.66. The number of allylic oxidation sites excluding steroid dienone is 1. The first kappa shape index (κ1) is 24.4. The van der Waals surface area contributed by atoms with E-state index in [0.29, 0.717) is 24.2 Å². The van der Waals surface area contributed by atoms with Gasteiger partial charge in [-0.1, -0.05) is 19.4 Å². The van der Waals surface area contributed by atoms with Crippen LogP contribution in [0.1, 0.15) is 70.8 Å². The molecule has 1 aromatic carbocycles. The molecule has 4 aliphatic carbocycles. The maximum Gasteiger partial charge on any atom is 0.416 e. The summed E-state index contributed by atoms with van der Waals surface area (Å²) in [5.74, 6) is 1.37. The Bertz CT molecular complexity index is 1080. The average Bonchev–Trinajstić information content (AvgIpc) is 3.16. The number of ketones is 1. The molecule has 35 heavy (non-hydrogen) atoms. The predicted octanol–water partition coefficient (Wildman–Crippen LogP) is 6.80. The molecule has 190 valence electrons. The van der Waals surface area contributed by atoms with Crippen LogP contribution < -0.4 is 10.1 Å². The van der Waals surface area contributed by atoms with Crippen molar-refractivity contribution in [1.82, 2.24) is 0 Å². The van der Waals surface area contributed by atoms with E-state index in [1.807, 2.05) is 6.08 Å². The fraction of sp³-hybridized carbons (Fsp3) is 0.643. The molecular weight excluding hydrogens is 455 g/mol. The van der Waals surface area contributed by atoms with Crippen molar-refractivity contribution in [3.63, 3.8) is 0 Å². The van der Waals surface area contributed by atoms with E-state index in [-0.39, 0.29) is 39.9 Å². The molecule has 4 nitrogen and oxygen atoms in total. The van der Waals surface area contributed by atoms with Crippen molar-refractivity contribution in [1.29, 1.82) is 0 Å². The summed E-state index contributed by atoms with van der Waals surface area (Å²) < 4.78 is 45.1. The van der Waals surface area contributed by atoms with Crippen LogP contribution in [0.3, 0.4) is 0 Å². The summed E-state index contributed by atoms with van der Waals surface area (Å²) in [5.41, 5.74) is 0.513. The summed E-state index contributed by atoms with van der Waals surface area (Å²) in [6.45, 7) is 4.56. The number of fused-ring (bicyclic) bond motifs is 5. The fourth-order valence-electron chi connectivity index (χ4n) is 8.17. The molecule has 0 spiro atoms. The van der Waals surface area contributed by atoms with Crippen LogP contribution in [0.15, 0.2) is 29.8 Å². The first-order valence-corrected chi connectivity index (χ1v) is 12.8. The molecule has 0 aromatic heterocycles. The van der Waals surface area contributed by atoms with E-state index in [1.54, 1.807) is 0 Å². The smallest absolute Gasteiger partial charge is 0.416 e. The van der Waals surface area contributed by atoms with Gasteiger partial charge in [-0.2, -0.15) is 13.2 Å². The summed E-state index contributed by atoms with van der Waals surface area (Å²) in [6.07, 6.45) is 4.61. The zero-order valence-electron chi connectivity index (χ0n) is 20.6. The molecule has 1 amide bonds. The monoisotopic (exact) mass is 489 g/mol. The molecular formula is C28H34F3NO3. The maximum atomic E-state index is 13.4. The van der Waals surface area contributed by atoms with Gasteiger partial charge in [0.15, 0.2) is 5.78 Å². The van der Waals surface area contributed by atoms with Gasteiger partial charge in [0.25, 0.3) is 0 Å². The van der Waals surface area contributed by atoms with Crippen LogP contribution >= 0.6 is 0 Å². The number of rotatable bonds is 3. The molecule has 0 radical (unpaired) electrons. The lowest BCUT2D eigenvalue weighted by molar-refractivity contribution is -0.137. The minimum Gasteiger partial charge on any atom is -0.497 e. The number of hydrogen-bond acceptors (Lipinski definition) is 3. The van der Waals surface area contributed by atoms with E-state index in [9.17, 15) is 22.8 Å². The minimum atomic E-state index is -4.52. The lowest BCUT2D eigenvalue weighted by Crippen LogP contribution is -2.51. The number of halogens is 3. The number of carbonyl (C=O) groups is 2. The van der Waals surface area contributed by atoms with Gasteiger partial charge in [0, 0.05) is 24.1 Å². The molecule has 0 saturated heterocycles. The van der Waals surface area contributed by atoms with Gasteiger partial charge < -0.3 is 10.1 Å². The lowest BCUT2D eigenvalue weighted by Gasteiger charge is -2.58. The second kappa shape index (κ2) is 8.38. The van der Waals surface area contributed by atoms with E-state index < -0.39 is 11.7 Å². The molecule has 1 N–H and O–H groups in total. The summed E-state index contributed by atoms with van der Waals surface area (Å²) in [6, 6.07) is 3.36. The van der Waals surface area contributed by atoms with Crippen LogP contribution in [-0.2, 0) is 15.8 Å². The van der Waals surface area contributed by atoms with Gasteiger partial charge in [0.05, 0.1) is 12.7 Å². The molecule has 3 unspecified atom stereocenters. The summed E-state index contributed by atoms with van der Waals surface area (Å²) >= 11 is 0. The number of alkyl halides is 3. The SMILES string of the molecule is COc1cc(NC(=O)[C@H]2CCC3C4CCC5=CC(=O)CC[C@]5(C)C4CC[C@@]32C)cc(C(F)(F)F)c1. The highest BCUT2D eigenvalue weighted by Gasteiger charge is 2.60. The van der Waals surface area contributed by atoms with Crippen LogP contribution in [0.2, 0.25) is 0 Å². The van der Waals surface area contributed by atoms with Crippen molar-refractivity contribution in [2.75, 3.05) is 12.4 Å². The van der Waals surface area contributed by atoms with Gasteiger partial charge in [-0.05, 0) is 91.7 Å². The number of ether oxygens (including phenoxy) is 1. The number of anilines is 1. The van der Waals surface area contributed by atoms with E-state index in [4.69, 9.17) is 4.74 Å². The van der Waals surface area contributed by atoms with Crippen molar-refractivity contribution >= 4 is 17.4 Å². The number of amides is 1. The van der Waals surface area contributed by atoms with Crippen molar-refractivity contribution in [2.45, 2.75) is 71.4 Å². The second-order valence-electron chi connectivity index (χ2n) is 11.6. The number of benzene rings is 1. The number of hydrogen-bond donors (Lipinski definition) is 1. The van der Waals surface area contributed by atoms with Gasteiger partial charge in [0.2, 0.25) is 5.91 Å². The zero-order valence-corrected chi connectivity index (χ0v) is 20.6. The molecule has 4 aliphatic rings. The molecule has 0 aliphatic heterocycles. The third kappa shape index (κ3) is 3.99. The Labute approximate surface area is 204 Å². The lowest BCUT2D eigenvalue weighted by atomic mass is 9.47. The fourth-order valence-corrected chi connectivity index (χ4v) is 8.17. The summed E-state index contributed by atoms with van der Waals surface area (Å²) in [5, 5.41) is 2.79. The van der Waals surface area contributed by atoms with Crippen LogP contribution in [-0.4, -0.2) is 18.8 Å². The Hall–Kier alpha value is -2.31. The first-order chi connectivity index (χ1) is 16.5. The predicted molar refractivity (Wildman–Crippen MR) is 127 cm³/mol. The average molecular weight is 490 g/mol. The quantitative estimate of drug-likeness (QED) is 0.508. The van der Waals surface area contributed by atoms with Crippen LogP contribution in [0.25, 0.3) is 0 Å². The zero-order chi connectivity index (χ0) is 25.2. The summed E-state index contributed by atoms with van der Waals surface area (Å²) in [4.78, 5) is 25.5. The van der Waals surface area contributed by atoms with E-state index in [1.165, 1.54) is 18.7 Å². The minimum absolute atomic E-state index is 0.0661. The highest BCUT2D eigenvalue weighted by molar-refractivity contribution is 5.94. The molecule has 3 fully saturated rings. The summed E-state index contributed by atoms with van der Waals surface area (Å²) in [7, 11) is 1.32. The van der Waals surface area contributed by atoms with Gasteiger partial charge in [-0.25, -0.2) is 0 Å². The van der Waals surface area contributed by atoms with Gasteiger partial charge in [0.1, 0.15) is 5.75 Å². The molecule has 1 aromatic rings. The molecule has 7 heteroatoms. The van der Waals surface area contributed by atoms with Crippen molar-refractivity contribution in [3.05, 3.63) is 35.4 Å². The molecule has 3 saturated carbocycles. The van der Waals surface area contributed by atoms with Gasteiger partial charge in [-0.15, -0.1) is 0 Å².